The quantitative estimate of drug-likeness (QED) is 0.685. The SMILES string of the molecule is CNC(CCCOC)c1ccco1. The van der Waals surface area contributed by atoms with E-state index >= 15 is 0 Å². The van der Waals surface area contributed by atoms with Crippen LogP contribution in [0.15, 0.2) is 22.8 Å². The van der Waals surface area contributed by atoms with Gasteiger partial charge in [0.05, 0.1) is 12.3 Å². The van der Waals surface area contributed by atoms with Crippen molar-refractivity contribution in [2.45, 2.75) is 18.9 Å². The zero-order valence-electron chi connectivity index (χ0n) is 8.25. The lowest BCUT2D eigenvalue weighted by Gasteiger charge is -2.12. The largest absolute Gasteiger partial charge is 0.468 e. The molecule has 1 N–H and O–H groups in total. The van der Waals surface area contributed by atoms with Gasteiger partial charge in [-0.25, -0.2) is 0 Å². The predicted molar refractivity (Wildman–Crippen MR) is 51.6 cm³/mol. The van der Waals surface area contributed by atoms with Crippen LogP contribution in [0.25, 0.3) is 0 Å². The first-order valence-corrected chi connectivity index (χ1v) is 4.58. The van der Waals surface area contributed by atoms with Crippen molar-refractivity contribution in [3.63, 3.8) is 0 Å². The molecule has 74 valence electrons. The predicted octanol–water partition coefficient (Wildman–Crippen LogP) is 1.97. The van der Waals surface area contributed by atoms with Gasteiger partial charge < -0.3 is 14.5 Å². The fourth-order valence-electron chi connectivity index (χ4n) is 1.35. The van der Waals surface area contributed by atoms with Gasteiger partial charge in [-0.2, -0.15) is 0 Å². The third kappa shape index (κ3) is 3.20. The lowest BCUT2D eigenvalue weighted by Crippen LogP contribution is -2.16. The molecule has 0 spiro atoms. The van der Waals surface area contributed by atoms with Crippen molar-refractivity contribution < 1.29 is 9.15 Å². The van der Waals surface area contributed by atoms with Gasteiger partial charge in [0.1, 0.15) is 5.76 Å². The van der Waals surface area contributed by atoms with Crippen molar-refractivity contribution in [1.82, 2.24) is 5.32 Å². The van der Waals surface area contributed by atoms with Crippen LogP contribution in [0.2, 0.25) is 0 Å². The Labute approximate surface area is 79.1 Å². The van der Waals surface area contributed by atoms with E-state index in [1.165, 1.54) is 0 Å². The van der Waals surface area contributed by atoms with Crippen molar-refractivity contribution >= 4 is 0 Å². The maximum atomic E-state index is 5.31. The number of hydrogen-bond donors (Lipinski definition) is 1. The van der Waals surface area contributed by atoms with Crippen molar-refractivity contribution in [3.8, 4) is 0 Å². The van der Waals surface area contributed by atoms with Crippen molar-refractivity contribution in [2.75, 3.05) is 20.8 Å². The standard InChI is InChI=1S/C10H17NO2/c1-11-9(5-3-7-12-2)10-6-4-8-13-10/h4,6,8-9,11H,3,5,7H2,1-2H3. The van der Waals surface area contributed by atoms with Crippen molar-refractivity contribution in [3.05, 3.63) is 24.2 Å². The Morgan fingerprint density at radius 1 is 1.62 bits per heavy atom. The maximum absolute atomic E-state index is 5.31. The Hall–Kier alpha value is -0.800. The Balaban J connectivity index is 2.35. The summed E-state index contributed by atoms with van der Waals surface area (Å²) < 4.78 is 10.3. The van der Waals surface area contributed by atoms with Crippen LogP contribution in [0.4, 0.5) is 0 Å². The molecule has 1 atom stereocenters. The molecule has 0 saturated carbocycles. The Morgan fingerprint density at radius 3 is 3.00 bits per heavy atom. The van der Waals surface area contributed by atoms with Crippen LogP contribution in [0.1, 0.15) is 24.6 Å². The van der Waals surface area contributed by atoms with Gasteiger partial charge in [0.2, 0.25) is 0 Å². The Morgan fingerprint density at radius 2 is 2.46 bits per heavy atom. The van der Waals surface area contributed by atoms with Crippen LogP contribution in [0, 0.1) is 0 Å². The first-order chi connectivity index (χ1) is 6.38. The van der Waals surface area contributed by atoms with Gasteiger partial charge in [-0.3, -0.25) is 0 Å². The minimum atomic E-state index is 0.310. The van der Waals surface area contributed by atoms with Crippen LogP contribution in [-0.4, -0.2) is 20.8 Å². The average Bonchev–Trinajstić information content (AvgIpc) is 2.65. The van der Waals surface area contributed by atoms with E-state index in [-0.39, 0.29) is 0 Å². The van der Waals surface area contributed by atoms with E-state index in [4.69, 9.17) is 9.15 Å². The first kappa shape index (κ1) is 10.3. The van der Waals surface area contributed by atoms with Crippen LogP contribution in [-0.2, 0) is 4.74 Å². The molecule has 1 rings (SSSR count). The highest BCUT2D eigenvalue weighted by atomic mass is 16.5. The van der Waals surface area contributed by atoms with Gasteiger partial charge in [-0.15, -0.1) is 0 Å². The van der Waals surface area contributed by atoms with E-state index in [1.807, 2.05) is 19.2 Å². The van der Waals surface area contributed by atoms with E-state index in [0.29, 0.717) is 6.04 Å². The fraction of sp³-hybridized carbons (Fsp3) is 0.600. The van der Waals surface area contributed by atoms with E-state index < -0.39 is 0 Å². The number of rotatable bonds is 6. The smallest absolute Gasteiger partial charge is 0.120 e. The van der Waals surface area contributed by atoms with Crippen molar-refractivity contribution in [2.24, 2.45) is 0 Å². The van der Waals surface area contributed by atoms with Gasteiger partial charge in [0.15, 0.2) is 0 Å². The summed E-state index contributed by atoms with van der Waals surface area (Å²) >= 11 is 0. The van der Waals surface area contributed by atoms with Gasteiger partial charge in [-0.05, 0) is 32.0 Å². The van der Waals surface area contributed by atoms with E-state index in [9.17, 15) is 0 Å². The van der Waals surface area contributed by atoms with Crippen LogP contribution < -0.4 is 5.32 Å². The second-order valence-electron chi connectivity index (χ2n) is 2.99. The van der Waals surface area contributed by atoms with Gasteiger partial charge >= 0.3 is 0 Å². The van der Waals surface area contributed by atoms with E-state index in [2.05, 4.69) is 5.32 Å². The molecule has 3 nitrogen and oxygen atoms in total. The summed E-state index contributed by atoms with van der Waals surface area (Å²) in [5.74, 6) is 0.999. The van der Waals surface area contributed by atoms with Gasteiger partial charge in [0, 0.05) is 13.7 Å². The molecule has 0 aliphatic carbocycles. The number of hydrogen-bond acceptors (Lipinski definition) is 3. The summed E-state index contributed by atoms with van der Waals surface area (Å²) in [5.41, 5.74) is 0. The molecule has 0 radical (unpaired) electrons. The average molecular weight is 183 g/mol. The molecule has 1 aromatic heterocycles. The molecule has 1 unspecified atom stereocenters. The normalized spacial score (nSPS) is 13.1. The number of ether oxygens (including phenoxy) is 1. The second kappa shape index (κ2) is 5.78. The molecule has 0 fully saturated rings. The summed E-state index contributed by atoms with van der Waals surface area (Å²) in [6, 6.07) is 4.22. The molecule has 1 aromatic rings. The highest BCUT2D eigenvalue weighted by molar-refractivity contribution is 5.03. The molecular weight excluding hydrogens is 166 g/mol. The fourth-order valence-corrected chi connectivity index (χ4v) is 1.35. The van der Waals surface area contributed by atoms with E-state index in [0.717, 1.165) is 25.2 Å². The number of methoxy groups -OCH3 is 1. The number of nitrogens with one attached hydrogen (secondary N) is 1. The lowest BCUT2D eigenvalue weighted by molar-refractivity contribution is 0.187. The Bertz CT molecular complexity index is 209. The molecule has 0 bridgehead atoms. The summed E-state index contributed by atoms with van der Waals surface area (Å²) in [7, 11) is 3.67. The Kier molecular flexibility index (Phi) is 4.57. The third-order valence-corrected chi connectivity index (χ3v) is 2.08. The third-order valence-electron chi connectivity index (χ3n) is 2.08. The monoisotopic (exact) mass is 183 g/mol. The van der Waals surface area contributed by atoms with Gasteiger partial charge in [-0.1, -0.05) is 0 Å². The molecule has 13 heavy (non-hydrogen) atoms. The second-order valence-corrected chi connectivity index (χ2v) is 2.99. The zero-order chi connectivity index (χ0) is 9.52. The summed E-state index contributed by atoms with van der Waals surface area (Å²) in [6.45, 7) is 0.804. The van der Waals surface area contributed by atoms with Crippen molar-refractivity contribution in [1.29, 1.82) is 0 Å². The lowest BCUT2D eigenvalue weighted by atomic mass is 10.1. The first-order valence-electron chi connectivity index (χ1n) is 4.58. The zero-order valence-corrected chi connectivity index (χ0v) is 8.25. The molecule has 0 aliphatic heterocycles. The molecule has 0 saturated heterocycles. The summed E-state index contributed by atoms with van der Waals surface area (Å²) in [6.07, 6.45) is 3.79. The molecule has 0 aromatic carbocycles. The minimum absolute atomic E-state index is 0.310. The molecule has 3 heteroatoms. The highest BCUT2D eigenvalue weighted by Gasteiger charge is 2.10. The minimum Gasteiger partial charge on any atom is -0.468 e. The topological polar surface area (TPSA) is 34.4 Å². The molecular formula is C10H17NO2. The molecule has 0 amide bonds. The maximum Gasteiger partial charge on any atom is 0.120 e. The van der Waals surface area contributed by atoms with Crippen LogP contribution in [0.5, 0.6) is 0 Å². The molecule has 1 heterocycles. The summed E-state index contributed by atoms with van der Waals surface area (Å²) in [5, 5.41) is 3.21. The number of furan rings is 1. The highest BCUT2D eigenvalue weighted by Crippen LogP contribution is 2.17. The van der Waals surface area contributed by atoms with Gasteiger partial charge in [0.25, 0.3) is 0 Å². The summed E-state index contributed by atoms with van der Waals surface area (Å²) in [4.78, 5) is 0. The molecule has 0 aliphatic rings. The van der Waals surface area contributed by atoms with E-state index in [1.54, 1.807) is 13.4 Å². The van der Waals surface area contributed by atoms with Crippen LogP contribution >= 0.6 is 0 Å². The van der Waals surface area contributed by atoms with Crippen LogP contribution in [0.3, 0.4) is 0 Å².